The van der Waals surface area contributed by atoms with Crippen molar-refractivity contribution in [2.45, 2.75) is 24.0 Å². The minimum atomic E-state index is -0.593. The van der Waals surface area contributed by atoms with Gasteiger partial charge in [-0.25, -0.2) is 0 Å². The van der Waals surface area contributed by atoms with Gasteiger partial charge in [-0.15, -0.1) is 10.2 Å². The van der Waals surface area contributed by atoms with Gasteiger partial charge in [0.1, 0.15) is 5.75 Å². The molecule has 1 aromatic heterocycles. The molecule has 0 aliphatic heterocycles. The molecule has 0 radical (unpaired) electrons. The molecule has 2 aromatic carbocycles. The van der Waals surface area contributed by atoms with Crippen molar-refractivity contribution in [3.63, 3.8) is 0 Å². The molecule has 1 unspecified atom stereocenters. The number of anilines is 1. The average molecular weight is 469 g/mol. The summed E-state index contributed by atoms with van der Waals surface area (Å²) in [7, 11) is 0. The average Bonchev–Trinajstić information content (AvgIpc) is 3.14. The van der Waals surface area contributed by atoms with Crippen LogP contribution >= 0.6 is 35.0 Å². The second-order valence-electron chi connectivity index (χ2n) is 5.88. The molecule has 0 aliphatic carbocycles. The molecule has 3 aromatic rings. The summed E-state index contributed by atoms with van der Waals surface area (Å²) in [4.78, 5) is 22.6. The summed E-state index contributed by atoms with van der Waals surface area (Å²) >= 11 is 12.9. The monoisotopic (exact) mass is 468 g/mol. The van der Waals surface area contributed by atoms with Gasteiger partial charge >= 0.3 is 0 Å². The Labute approximate surface area is 184 Å². The van der Waals surface area contributed by atoms with Crippen LogP contribution in [0.15, 0.2) is 52.1 Å². The highest BCUT2D eigenvalue weighted by atomic mass is 35.5. The smallest absolute Gasteiger partial charge is 0.277 e. The fraction of sp³-hybridized carbons (Fsp3) is 0.167. The van der Waals surface area contributed by atoms with Gasteiger partial charge in [0.2, 0.25) is 5.91 Å². The lowest BCUT2D eigenvalue weighted by atomic mass is 10.2. The van der Waals surface area contributed by atoms with Crippen LogP contribution in [0, 0.1) is 10.1 Å². The van der Waals surface area contributed by atoms with Gasteiger partial charge in [-0.3, -0.25) is 14.9 Å². The predicted molar refractivity (Wildman–Crippen MR) is 112 cm³/mol. The molecule has 1 heterocycles. The van der Waals surface area contributed by atoms with E-state index in [9.17, 15) is 14.9 Å². The number of carbonyl (C=O) groups excluding carboxylic acids is 1. The molecule has 0 fully saturated rings. The standard InChI is InChI=1S/C18H14Cl2N4O5S/c1-10(17(25)21-12-3-2-4-13(8-12)24(26)27)30-18-23-22-16(29-18)9-28-15-6-5-11(19)7-14(15)20/h2-8,10H,9H2,1H3,(H,21,25). The summed E-state index contributed by atoms with van der Waals surface area (Å²) in [5, 5.41) is 21.6. The number of rotatable bonds is 8. The topological polar surface area (TPSA) is 120 Å². The van der Waals surface area contributed by atoms with Gasteiger partial charge in [-0.1, -0.05) is 41.0 Å². The number of nitro groups is 1. The first-order chi connectivity index (χ1) is 14.3. The Hall–Kier alpha value is -2.82. The van der Waals surface area contributed by atoms with Gasteiger partial charge < -0.3 is 14.5 Å². The second kappa shape index (κ2) is 9.79. The maximum Gasteiger partial charge on any atom is 0.277 e. The normalized spacial score (nSPS) is 11.7. The summed E-state index contributed by atoms with van der Waals surface area (Å²) in [5.74, 6) is 0.248. The number of halogens is 2. The number of hydrogen-bond acceptors (Lipinski definition) is 8. The number of non-ortho nitro benzene ring substituents is 1. The summed E-state index contributed by atoms with van der Waals surface area (Å²) in [6.07, 6.45) is 0. The molecule has 30 heavy (non-hydrogen) atoms. The number of aromatic nitrogens is 2. The van der Waals surface area contributed by atoms with Crippen LogP contribution in [0.3, 0.4) is 0 Å². The maximum absolute atomic E-state index is 12.3. The number of benzene rings is 2. The third kappa shape index (κ3) is 5.85. The van der Waals surface area contributed by atoms with Gasteiger partial charge in [0, 0.05) is 22.8 Å². The second-order valence-corrected chi connectivity index (χ2v) is 8.02. The van der Waals surface area contributed by atoms with E-state index in [4.69, 9.17) is 32.4 Å². The zero-order valence-corrected chi connectivity index (χ0v) is 17.7. The number of nitrogens with one attached hydrogen (secondary N) is 1. The van der Waals surface area contributed by atoms with Crippen LogP contribution in [0.5, 0.6) is 5.75 Å². The van der Waals surface area contributed by atoms with Gasteiger partial charge in [0.15, 0.2) is 6.61 Å². The van der Waals surface area contributed by atoms with E-state index < -0.39 is 10.2 Å². The van der Waals surface area contributed by atoms with Crippen LogP contribution < -0.4 is 10.1 Å². The highest BCUT2D eigenvalue weighted by Gasteiger charge is 2.19. The van der Waals surface area contributed by atoms with E-state index in [1.165, 1.54) is 18.2 Å². The Morgan fingerprint density at radius 2 is 2.10 bits per heavy atom. The van der Waals surface area contributed by atoms with E-state index in [0.29, 0.717) is 21.5 Å². The first kappa shape index (κ1) is 21.9. The van der Waals surface area contributed by atoms with E-state index in [0.717, 1.165) is 11.8 Å². The van der Waals surface area contributed by atoms with Crippen molar-refractivity contribution >= 4 is 52.2 Å². The molecule has 0 bridgehead atoms. The fourth-order valence-corrected chi connectivity index (χ4v) is 3.39. The van der Waals surface area contributed by atoms with Crippen LogP contribution in [0.2, 0.25) is 10.0 Å². The number of carbonyl (C=O) groups is 1. The molecule has 1 atom stereocenters. The zero-order valence-electron chi connectivity index (χ0n) is 15.4. The Bertz CT molecular complexity index is 1080. The van der Waals surface area contributed by atoms with Crippen molar-refractivity contribution in [1.29, 1.82) is 0 Å². The van der Waals surface area contributed by atoms with Gasteiger partial charge in [-0.2, -0.15) is 0 Å². The predicted octanol–water partition coefficient (Wildman–Crippen LogP) is 4.98. The molecular weight excluding hydrogens is 455 g/mol. The Morgan fingerprint density at radius 3 is 2.83 bits per heavy atom. The Morgan fingerprint density at radius 1 is 1.30 bits per heavy atom. The minimum absolute atomic E-state index is 0.0107. The Balaban J connectivity index is 1.55. The molecule has 0 saturated heterocycles. The minimum Gasteiger partial charge on any atom is -0.482 e. The number of hydrogen-bond donors (Lipinski definition) is 1. The van der Waals surface area contributed by atoms with E-state index >= 15 is 0 Å². The lowest BCUT2D eigenvalue weighted by Crippen LogP contribution is -2.22. The number of thioether (sulfide) groups is 1. The third-order valence-corrected chi connectivity index (χ3v) is 5.13. The molecule has 0 saturated carbocycles. The van der Waals surface area contributed by atoms with E-state index in [1.54, 1.807) is 31.2 Å². The summed E-state index contributed by atoms with van der Waals surface area (Å²) in [6.45, 7) is 1.63. The molecule has 156 valence electrons. The molecule has 12 heteroatoms. The highest BCUT2D eigenvalue weighted by Crippen LogP contribution is 2.29. The number of amides is 1. The van der Waals surface area contributed by atoms with Crippen molar-refractivity contribution < 1.29 is 18.9 Å². The van der Waals surface area contributed by atoms with Crippen LogP contribution in [-0.2, 0) is 11.4 Å². The van der Waals surface area contributed by atoms with Gasteiger partial charge in [-0.05, 0) is 31.2 Å². The summed E-state index contributed by atoms with van der Waals surface area (Å²) in [6, 6.07) is 10.5. The largest absolute Gasteiger partial charge is 0.482 e. The lowest BCUT2D eigenvalue weighted by Gasteiger charge is -2.09. The molecule has 9 nitrogen and oxygen atoms in total. The fourth-order valence-electron chi connectivity index (χ4n) is 2.22. The molecule has 0 aliphatic rings. The maximum atomic E-state index is 12.3. The first-order valence-corrected chi connectivity index (χ1v) is 10.1. The zero-order chi connectivity index (χ0) is 21.7. The summed E-state index contributed by atoms with van der Waals surface area (Å²) in [5.41, 5.74) is 0.205. The number of nitro benzene ring substituents is 1. The van der Waals surface area contributed by atoms with Crippen molar-refractivity contribution in [3.05, 3.63) is 68.5 Å². The number of ether oxygens (including phenoxy) is 1. The lowest BCUT2D eigenvalue weighted by molar-refractivity contribution is -0.384. The molecule has 1 N–H and O–H groups in total. The van der Waals surface area contributed by atoms with Crippen molar-refractivity contribution in [3.8, 4) is 5.75 Å². The summed E-state index contributed by atoms with van der Waals surface area (Å²) < 4.78 is 11.0. The van der Waals surface area contributed by atoms with Crippen LogP contribution in [0.1, 0.15) is 12.8 Å². The van der Waals surface area contributed by atoms with Crippen molar-refractivity contribution in [1.82, 2.24) is 10.2 Å². The van der Waals surface area contributed by atoms with E-state index in [-0.39, 0.29) is 29.3 Å². The Kier molecular flexibility index (Phi) is 7.14. The SMILES string of the molecule is CC(Sc1nnc(COc2ccc(Cl)cc2Cl)o1)C(=O)Nc1cccc([N+](=O)[O-])c1. The number of nitrogens with zero attached hydrogens (tertiary/aromatic N) is 3. The van der Waals surface area contributed by atoms with Crippen LogP contribution in [-0.4, -0.2) is 26.3 Å². The quantitative estimate of drug-likeness (QED) is 0.279. The third-order valence-electron chi connectivity index (χ3n) is 3.66. The molecular formula is C18H14Cl2N4O5S. The molecule has 1 amide bonds. The first-order valence-electron chi connectivity index (χ1n) is 8.44. The van der Waals surface area contributed by atoms with Crippen molar-refractivity contribution in [2.75, 3.05) is 5.32 Å². The molecule has 0 spiro atoms. The van der Waals surface area contributed by atoms with Gasteiger partial charge in [0.05, 0.1) is 15.2 Å². The van der Waals surface area contributed by atoms with Crippen LogP contribution in [0.25, 0.3) is 0 Å². The molecule has 3 rings (SSSR count). The van der Waals surface area contributed by atoms with Crippen LogP contribution in [0.4, 0.5) is 11.4 Å². The highest BCUT2D eigenvalue weighted by molar-refractivity contribution is 8.00. The van der Waals surface area contributed by atoms with Gasteiger partial charge in [0.25, 0.3) is 16.8 Å². The van der Waals surface area contributed by atoms with E-state index in [1.807, 2.05) is 0 Å². The van der Waals surface area contributed by atoms with Crippen molar-refractivity contribution in [2.24, 2.45) is 0 Å². The van der Waals surface area contributed by atoms with E-state index in [2.05, 4.69) is 15.5 Å².